The molecule has 38 heavy (non-hydrogen) atoms. The van der Waals surface area contributed by atoms with E-state index in [9.17, 15) is 24.0 Å². The first-order chi connectivity index (χ1) is 18.1. The molecule has 12 heteroatoms. The van der Waals surface area contributed by atoms with Gasteiger partial charge in [-0.15, -0.1) is 0 Å². The minimum atomic E-state index is -1.11. The van der Waals surface area contributed by atoms with Gasteiger partial charge in [0.05, 0.1) is 58.9 Å². The highest BCUT2D eigenvalue weighted by molar-refractivity contribution is 5.80. The number of ether oxygens (including phenoxy) is 4. The van der Waals surface area contributed by atoms with Crippen LogP contribution >= 0.6 is 0 Å². The first kappa shape index (κ1) is 32.7. The van der Waals surface area contributed by atoms with Crippen LogP contribution in [0.1, 0.15) is 50.5 Å². The van der Waals surface area contributed by atoms with E-state index in [0.717, 1.165) is 5.56 Å². The highest BCUT2D eigenvalue weighted by Crippen LogP contribution is 2.27. The Morgan fingerprint density at radius 1 is 0.658 bits per heavy atom. The van der Waals surface area contributed by atoms with Crippen molar-refractivity contribution in [2.75, 3.05) is 39.6 Å². The normalized spacial score (nSPS) is 11.2. The monoisotopic (exact) mass is 540 g/mol. The van der Waals surface area contributed by atoms with Gasteiger partial charge in [0, 0.05) is 24.7 Å². The highest BCUT2D eigenvalue weighted by atomic mass is 16.5. The topological polar surface area (TPSA) is 183 Å². The van der Waals surface area contributed by atoms with Crippen molar-refractivity contribution in [3.8, 4) is 0 Å². The van der Waals surface area contributed by atoms with Crippen LogP contribution in [0.2, 0.25) is 0 Å². The lowest BCUT2D eigenvalue weighted by Crippen LogP contribution is -2.40. The minimum absolute atomic E-state index is 0.0326. The number of carboxylic acid groups (broad SMARTS) is 3. The molecule has 0 fully saturated rings. The van der Waals surface area contributed by atoms with E-state index in [0.29, 0.717) is 0 Å². The third-order valence-corrected chi connectivity index (χ3v) is 5.26. The summed E-state index contributed by atoms with van der Waals surface area (Å²) in [4.78, 5) is 57.3. The van der Waals surface area contributed by atoms with Crippen LogP contribution in [0.3, 0.4) is 0 Å². The molecule has 0 amide bonds. The molecule has 3 N–H and O–H groups in total. The maximum atomic E-state index is 12.8. The Hall–Kier alpha value is -3.35. The summed E-state index contributed by atoms with van der Waals surface area (Å²) < 4.78 is 21.7. The fourth-order valence-electron chi connectivity index (χ4n) is 3.37. The van der Waals surface area contributed by atoms with Crippen molar-refractivity contribution in [3.63, 3.8) is 0 Å². The molecule has 1 rings (SSSR count). The zero-order valence-corrected chi connectivity index (χ0v) is 21.3. The SMILES string of the molecule is O=C(O)CCOCC(COCCC(=O)O)(COCCC(=O)O)CC(=O)CCCC(=O)OCc1ccccc1. The fourth-order valence-corrected chi connectivity index (χ4v) is 3.37. The Morgan fingerprint density at radius 3 is 1.58 bits per heavy atom. The number of carboxylic acids is 3. The van der Waals surface area contributed by atoms with Gasteiger partial charge < -0.3 is 34.3 Å². The lowest BCUT2D eigenvalue weighted by atomic mass is 9.84. The Balaban J connectivity index is 2.72. The number of carbonyl (C=O) groups excluding carboxylic acids is 2. The number of aliphatic carboxylic acids is 3. The molecule has 0 aromatic heterocycles. The standard InChI is InChI=1S/C26H36O12/c27-21(7-4-8-25(34)38-16-20-5-2-1-3-6-20)15-26(17-35-12-9-22(28)29,18-36-13-10-23(30)31)19-37-14-11-24(32)33/h1-3,5-6H,4,7-19H2,(H,28,29)(H,30,31)(H,32,33). The van der Waals surface area contributed by atoms with Gasteiger partial charge in [-0.25, -0.2) is 0 Å². The number of Topliss-reactive ketones (excluding diaryl/α,β-unsaturated/α-hetero) is 1. The van der Waals surface area contributed by atoms with Gasteiger partial charge >= 0.3 is 23.9 Å². The minimum Gasteiger partial charge on any atom is -0.481 e. The molecule has 0 saturated carbocycles. The third kappa shape index (κ3) is 16.4. The second-order valence-electron chi connectivity index (χ2n) is 8.80. The summed E-state index contributed by atoms with van der Waals surface area (Å²) in [5, 5.41) is 26.6. The Kier molecular flexibility index (Phi) is 16.2. The Labute approximate surface area is 220 Å². The average molecular weight is 541 g/mol. The maximum absolute atomic E-state index is 12.8. The van der Waals surface area contributed by atoms with E-state index in [4.69, 9.17) is 34.3 Å². The molecule has 212 valence electrons. The van der Waals surface area contributed by atoms with Gasteiger partial charge in [0.25, 0.3) is 0 Å². The summed E-state index contributed by atoms with van der Waals surface area (Å²) in [5.41, 5.74) is -0.268. The van der Waals surface area contributed by atoms with Gasteiger partial charge in [0.15, 0.2) is 0 Å². The quantitative estimate of drug-likeness (QED) is 0.136. The largest absolute Gasteiger partial charge is 0.481 e. The van der Waals surface area contributed by atoms with Gasteiger partial charge in [0.2, 0.25) is 0 Å². The molecule has 12 nitrogen and oxygen atoms in total. The molecule has 0 heterocycles. The van der Waals surface area contributed by atoms with Crippen molar-refractivity contribution in [2.45, 2.75) is 51.6 Å². The molecule has 0 unspecified atom stereocenters. The number of ketones is 1. The molecule has 0 aliphatic heterocycles. The Morgan fingerprint density at radius 2 is 1.13 bits per heavy atom. The summed E-state index contributed by atoms with van der Waals surface area (Å²) in [6.07, 6.45) is -0.619. The fraction of sp³-hybridized carbons (Fsp3) is 0.577. The van der Waals surface area contributed by atoms with E-state index in [1.807, 2.05) is 30.3 Å². The molecule has 0 radical (unpaired) electrons. The van der Waals surface area contributed by atoms with Crippen molar-refractivity contribution in [2.24, 2.45) is 5.41 Å². The molecule has 1 aromatic rings. The average Bonchev–Trinajstić information content (AvgIpc) is 2.86. The molecule has 0 aliphatic carbocycles. The molecular formula is C26H36O12. The zero-order chi connectivity index (χ0) is 28.2. The summed E-state index contributed by atoms with van der Waals surface area (Å²) in [5.74, 6) is -3.89. The smallest absolute Gasteiger partial charge is 0.306 e. The van der Waals surface area contributed by atoms with Gasteiger partial charge in [-0.3, -0.25) is 24.0 Å². The number of hydrogen-bond donors (Lipinski definition) is 3. The van der Waals surface area contributed by atoms with Crippen molar-refractivity contribution in [1.29, 1.82) is 0 Å². The van der Waals surface area contributed by atoms with E-state index in [1.165, 1.54) is 0 Å². The third-order valence-electron chi connectivity index (χ3n) is 5.26. The van der Waals surface area contributed by atoms with Crippen LogP contribution in [0.5, 0.6) is 0 Å². The van der Waals surface area contributed by atoms with Crippen LogP contribution in [0, 0.1) is 5.41 Å². The molecular weight excluding hydrogens is 504 g/mol. The van der Waals surface area contributed by atoms with Crippen LogP contribution in [0.4, 0.5) is 0 Å². The maximum Gasteiger partial charge on any atom is 0.306 e. The number of esters is 1. The number of rotatable bonds is 23. The molecule has 0 atom stereocenters. The van der Waals surface area contributed by atoms with Crippen molar-refractivity contribution in [3.05, 3.63) is 35.9 Å². The van der Waals surface area contributed by atoms with E-state index < -0.39 is 29.3 Å². The zero-order valence-electron chi connectivity index (χ0n) is 21.3. The van der Waals surface area contributed by atoms with Crippen molar-refractivity contribution >= 4 is 29.7 Å². The number of benzene rings is 1. The van der Waals surface area contributed by atoms with Crippen LogP contribution in [0.25, 0.3) is 0 Å². The van der Waals surface area contributed by atoms with Crippen molar-refractivity contribution < 1.29 is 58.2 Å². The lowest BCUT2D eigenvalue weighted by molar-refractivity contribution is -0.146. The van der Waals surface area contributed by atoms with E-state index in [1.54, 1.807) is 0 Å². The highest BCUT2D eigenvalue weighted by Gasteiger charge is 2.34. The van der Waals surface area contributed by atoms with Crippen LogP contribution in [-0.4, -0.2) is 84.6 Å². The van der Waals surface area contributed by atoms with E-state index in [-0.39, 0.29) is 97.0 Å². The first-order valence-corrected chi connectivity index (χ1v) is 12.2. The second-order valence-corrected chi connectivity index (χ2v) is 8.80. The van der Waals surface area contributed by atoms with E-state index in [2.05, 4.69) is 0 Å². The summed E-state index contributed by atoms with van der Waals surface area (Å²) in [6, 6.07) is 9.16. The summed E-state index contributed by atoms with van der Waals surface area (Å²) >= 11 is 0. The van der Waals surface area contributed by atoms with Gasteiger partial charge in [-0.05, 0) is 12.0 Å². The predicted octanol–water partition coefficient (Wildman–Crippen LogP) is 2.32. The first-order valence-electron chi connectivity index (χ1n) is 12.2. The van der Waals surface area contributed by atoms with Gasteiger partial charge in [-0.2, -0.15) is 0 Å². The molecule has 0 spiro atoms. The van der Waals surface area contributed by atoms with Gasteiger partial charge in [-0.1, -0.05) is 30.3 Å². The number of hydrogen-bond acceptors (Lipinski definition) is 9. The van der Waals surface area contributed by atoms with Gasteiger partial charge in [0.1, 0.15) is 12.4 Å². The summed E-state index contributed by atoms with van der Waals surface area (Å²) in [7, 11) is 0. The molecule has 0 aliphatic rings. The van der Waals surface area contributed by atoms with Crippen LogP contribution in [-0.2, 0) is 49.5 Å². The van der Waals surface area contributed by atoms with Crippen LogP contribution in [0.15, 0.2) is 30.3 Å². The Bertz CT molecular complexity index is 828. The molecule has 0 bridgehead atoms. The second kappa shape index (κ2) is 18.8. The number of carbonyl (C=O) groups is 5. The molecule has 1 aromatic carbocycles. The van der Waals surface area contributed by atoms with Crippen LogP contribution < -0.4 is 0 Å². The lowest BCUT2D eigenvalue weighted by Gasteiger charge is -2.32. The van der Waals surface area contributed by atoms with Crippen molar-refractivity contribution in [1.82, 2.24) is 0 Å². The predicted molar refractivity (Wildman–Crippen MR) is 131 cm³/mol. The summed E-state index contributed by atoms with van der Waals surface area (Å²) in [6.45, 7) is -0.679. The van der Waals surface area contributed by atoms with E-state index >= 15 is 0 Å². The molecule has 0 saturated heterocycles.